The number of rotatable bonds is 4. The van der Waals surface area contributed by atoms with Crippen molar-refractivity contribution in [1.29, 1.82) is 0 Å². The van der Waals surface area contributed by atoms with Crippen LogP contribution in [0.25, 0.3) is 27.5 Å². The fraction of sp³-hybridized carbons (Fsp3) is 0.0857. The monoisotopic (exact) mass is 697 g/mol. The SMILES string of the molecule is CC1(C)c2ccc(-c3ccc4cccc([N-]c5ccccc5)c4n3)[c-]c2N(c2ccccn2)c2ccccc21.[Pt+2]. The molecule has 196 valence electrons. The van der Waals surface area contributed by atoms with Crippen LogP contribution in [0.15, 0.2) is 121 Å². The van der Waals surface area contributed by atoms with E-state index in [1.807, 2.05) is 66.9 Å². The van der Waals surface area contributed by atoms with Gasteiger partial charge in [-0.3, -0.25) is 4.98 Å². The maximum Gasteiger partial charge on any atom is 2.00 e. The van der Waals surface area contributed by atoms with Crippen LogP contribution < -0.4 is 4.90 Å². The van der Waals surface area contributed by atoms with E-state index >= 15 is 0 Å². The number of para-hydroxylation sites is 3. The summed E-state index contributed by atoms with van der Waals surface area (Å²) in [6, 6.07) is 43.0. The number of fused-ring (bicyclic) bond motifs is 3. The zero-order valence-corrected chi connectivity index (χ0v) is 24.4. The van der Waals surface area contributed by atoms with Gasteiger partial charge in [-0.15, -0.1) is 35.1 Å². The van der Waals surface area contributed by atoms with Crippen LogP contribution in [0.1, 0.15) is 25.0 Å². The van der Waals surface area contributed by atoms with Crippen molar-refractivity contribution in [1.82, 2.24) is 9.97 Å². The Morgan fingerprint density at radius 1 is 0.725 bits per heavy atom. The predicted octanol–water partition coefficient (Wildman–Crippen LogP) is 9.54. The van der Waals surface area contributed by atoms with E-state index in [0.29, 0.717) is 0 Å². The predicted molar refractivity (Wildman–Crippen MR) is 160 cm³/mol. The summed E-state index contributed by atoms with van der Waals surface area (Å²) in [5, 5.41) is 5.94. The van der Waals surface area contributed by atoms with Crippen molar-refractivity contribution in [2.45, 2.75) is 19.3 Å². The van der Waals surface area contributed by atoms with E-state index in [9.17, 15) is 0 Å². The zero-order chi connectivity index (χ0) is 26.4. The van der Waals surface area contributed by atoms with Gasteiger partial charge in [0.1, 0.15) is 5.82 Å². The zero-order valence-electron chi connectivity index (χ0n) is 22.2. The Bertz CT molecular complexity index is 1820. The molecule has 0 saturated heterocycles. The maximum atomic E-state index is 5.11. The number of hydrogen-bond donors (Lipinski definition) is 0. The number of pyridine rings is 2. The van der Waals surface area contributed by atoms with Gasteiger partial charge in [-0.2, -0.15) is 0 Å². The van der Waals surface area contributed by atoms with E-state index in [1.165, 1.54) is 11.1 Å². The van der Waals surface area contributed by atoms with Crippen molar-refractivity contribution in [3.63, 3.8) is 0 Å². The summed E-state index contributed by atoms with van der Waals surface area (Å²) in [6.07, 6.45) is 1.84. The molecule has 4 aromatic carbocycles. The van der Waals surface area contributed by atoms with Gasteiger partial charge >= 0.3 is 21.1 Å². The topological polar surface area (TPSA) is 43.1 Å². The number of aromatic nitrogens is 2. The molecule has 1 aliphatic rings. The molecule has 7 rings (SSSR count). The van der Waals surface area contributed by atoms with Crippen LogP contribution in [0.5, 0.6) is 0 Å². The van der Waals surface area contributed by atoms with Crippen LogP contribution in [0.4, 0.5) is 28.6 Å². The Morgan fingerprint density at radius 2 is 1.52 bits per heavy atom. The number of anilines is 3. The van der Waals surface area contributed by atoms with Crippen molar-refractivity contribution in [2.75, 3.05) is 4.90 Å². The minimum absolute atomic E-state index is 0. The van der Waals surface area contributed by atoms with Crippen LogP contribution in [0.2, 0.25) is 0 Å². The molecule has 0 spiro atoms. The molecule has 40 heavy (non-hydrogen) atoms. The summed E-state index contributed by atoms with van der Waals surface area (Å²) < 4.78 is 0. The molecule has 6 aromatic rings. The van der Waals surface area contributed by atoms with Crippen molar-refractivity contribution < 1.29 is 21.1 Å². The van der Waals surface area contributed by atoms with Crippen LogP contribution in [-0.2, 0) is 26.5 Å². The van der Waals surface area contributed by atoms with Gasteiger partial charge in [0.05, 0.1) is 0 Å². The van der Waals surface area contributed by atoms with E-state index in [-0.39, 0.29) is 26.5 Å². The minimum Gasteiger partial charge on any atom is -0.656 e. The molecule has 0 amide bonds. The molecule has 0 saturated carbocycles. The molecule has 3 heterocycles. The summed E-state index contributed by atoms with van der Waals surface area (Å²) in [6.45, 7) is 4.55. The molecule has 0 atom stereocenters. The van der Waals surface area contributed by atoms with Crippen molar-refractivity contribution in [3.8, 4) is 11.3 Å². The quantitative estimate of drug-likeness (QED) is 0.173. The average molecular weight is 698 g/mol. The standard InChI is InChI=1S/C35H26N4.Pt/c1-35(2)27-14-6-7-16-31(27)39(33-17-8-9-22-36-33)32-23-25(18-20-28(32)35)29-21-19-24-11-10-15-30(34(24)38-29)37-26-12-4-3-5-13-26;/h3-22H,1-2H3;/q-2;+2. The first-order valence-corrected chi connectivity index (χ1v) is 13.1. The third-order valence-corrected chi connectivity index (χ3v) is 7.50. The van der Waals surface area contributed by atoms with E-state index < -0.39 is 0 Å². The van der Waals surface area contributed by atoms with E-state index in [2.05, 4.69) is 79.4 Å². The normalized spacial score (nSPS) is 13.2. The Morgan fingerprint density at radius 3 is 2.35 bits per heavy atom. The second kappa shape index (κ2) is 10.4. The minimum atomic E-state index is -0.190. The Kier molecular flexibility index (Phi) is 6.73. The Hall–Kier alpha value is -4.27. The van der Waals surface area contributed by atoms with Crippen LogP contribution in [0, 0.1) is 6.07 Å². The Labute approximate surface area is 249 Å². The van der Waals surface area contributed by atoms with Gasteiger partial charge in [0, 0.05) is 17.4 Å². The van der Waals surface area contributed by atoms with Gasteiger partial charge in [0.15, 0.2) is 0 Å². The van der Waals surface area contributed by atoms with Crippen molar-refractivity contribution in [2.24, 2.45) is 0 Å². The van der Waals surface area contributed by atoms with Crippen molar-refractivity contribution in [3.05, 3.63) is 144 Å². The molecular weight excluding hydrogens is 671 g/mol. The van der Waals surface area contributed by atoms with Crippen LogP contribution in [-0.4, -0.2) is 9.97 Å². The molecule has 0 aliphatic carbocycles. The fourth-order valence-electron chi connectivity index (χ4n) is 5.51. The van der Waals surface area contributed by atoms with E-state index in [0.717, 1.165) is 50.7 Å². The first-order valence-electron chi connectivity index (χ1n) is 13.1. The van der Waals surface area contributed by atoms with Crippen molar-refractivity contribution >= 4 is 39.5 Å². The first kappa shape index (κ1) is 26.0. The summed E-state index contributed by atoms with van der Waals surface area (Å²) in [7, 11) is 0. The smallest absolute Gasteiger partial charge is 0.656 e. The van der Waals surface area contributed by atoms with Gasteiger partial charge in [-0.05, 0) is 45.9 Å². The third-order valence-electron chi connectivity index (χ3n) is 7.50. The average Bonchev–Trinajstić information content (AvgIpc) is 2.98. The van der Waals surface area contributed by atoms with E-state index in [1.54, 1.807) is 0 Å². The number of hydrogen-bond acceptors (Lipinski definition) is 3. The second-order valence-electron chi connectivity index (χ2n) is 10.3. The molecule has 0 N–H and O–H groups in total. The largest absolute Gasteiger partial charge is 2.00 e. The van der Waals surface area contributed by atoms with Gasteiger partial charge in [0.2, 0.25) is 0 Å². The third kappa shape index (κ3) is 4.39. The molecule has 1 aliphatic heterocycles. The van der Waals surface area contributed by atoms with Gasteiger partial charge in [-0.1, -0.05) is 104 Å². The molecule has 0 fully saturated rings. The molecular formula is C35H26N4Pt. The van der Waals surface area contributed by atoms with Crippen LogP contribution >= 0.6 is 0 Å². The molecule has 5 heteroatoms. The van der Waals surface area contributed by atoms with E-state index in [4.69, 9.17) is 15.3 Å². The summed E-state index contributed by atoms with van der Waals surface area (Å²) in [5.41, 5.74) is 8.82. The van der Waals surface area contributed by atoms with Gasteiger partial charge < -0.3 is 10.2 Å². The molecule has 0 radical (unpaired) electrons. The molecule has 0 bridgehead atoms. The molecule has 2 aromatic heterocycles. The number of nitrogens with zero attached hydrogens (tertiary/aromatic N) is 4. The second-order valence-corrected chi connectivity index (χ2v) is 10.3. The summed E-state index contributed by atoms with van der Waals surface area (Å²) in [5.74, 6) is 0.866. The van der Waals surface area contributed by atoms with Gasteiger partial charge in [0.25, 0.3) is 0 Å². The van der Waals surface area contributed by atoms with Gasteiger partial charge in [-0.25, -0.2) is 4.98 Å². The summed E-state index contributed by atoms with van der Waals surface area (Å²) >= 11 is 0. The maximum absolute atomic E-state index is 5.11. The molecule has 4 nitrogen and oxygen atoms in total. The Balaban J connectivity index is 0.00000289. The number of benzene rings is 4. The molecule has 0 unspecified atom stereocenters. The van der Waals surface area contributed by atoms with Crippen LogP contribution in [0.3, 0.4) is 0 Å². The first-order chi connectivity index (χ1) is 19.1. The summed E-state index contributed by atoms with van der Waals surface area (Å²) in [4.78, 5) is 12.0. The fourth-order valence-corrected chi connectivity index (χ4v) is 5.51.